The second kappa shape index (κ2) is 4.00. The van der Waals surface area contributed by atoms with Gasteiger partial charge in [-0.25, -0.2) is 4.98 Å². The van der Waals surface area contributed by atoms with Gasteiger partial charge in [0.05, 0.1) is 10.6 Å². The predicted octanol–water partition coefficient (Wildman–Crippen LogP) is 1.46. The SMILES string of the molecule is OC1CCN(c2nc(Cl)ncc2Br)C1. The van der Waals surface area contributed by atoms with Gasteiger partial charge in [0, 0.05) is 19.3 Å². The number of hydrogen-bond acceptors (Lipinski definition) is 4. The van der Waals surface area contributed by atoms with E-state index >= 15 is 0 Å². The second-order valence-corrected chi connectivity index (χ2v) is 4.39. The molecular weight excluding hydrogens is 269 g/mol. The summed E-state index contributed by atoms with van der Waals surface area (Å²) in [6.07, 6.45) is 2.12. The Morgan fingerprint density at radius 3 is 3.07 bits per heavy atom. The highest BCUT2D eigenvalue weighted by atomic mass is 79.9. The third-order valence-corrected chi connectivity index (χ3v) is 2.90. The molecule has 1 fully saturated rings. The number of anilines is 1. The first-order valence-electron chi connectivity index (χ1n) is 4.28. The van der Waals surface area contributed by atoms with Gasteiger partial charge in [-0.2, -0.15) is 4.98 Å². The van der Waals surface area contributed by atoms with Crippen LogP contribution in [0.1, 0.15) is 6.42 Å². The quantitative estimate of drug-likeness (QED) is 0.790. The maximum absolute atomic E-state index is 9.39. The van der Waals surface area contributed by atoms with Gasteiger partial charge in [-0.3, -0.25) is 0 Å². The minimum Gasteiger partial charge on any atom is -0.391 e. The van der Waals surface area contributed by atoms with Gasteiger partial charge < -0.3 is 10.0 Å². The zero-order valence-corrected chi connectivity index (χ0v) is 9.66. The van der Waals surface area contributed by atoms with Crippen molar-refractivity contribution in [3.8, 4) is 0 Å². The Morgan fingerprint density at radius 1 is 1.64 bits per heavy atom. The summed E-state index contributed by atoms with van der Waals surface area (Å²) in [4.78, 5) is 9.95. The van der Waals surface area contributed by atoms with Gasteiger partial charge in [0.2, 0.25) is 5.28 Å². The van der Waals surface area contributed by atoms with E-state index in [1.807, 2.05) is 4.90 Å². The highest BCUT2D eigenvalue weighted by Crippen LogP contribution is 2.27. The first-order valence-corrected chi connectivity index (χ1v) is 5.45. The Bertz CT molecular complexity index is 349. The van der Waals surface area contributed by atoms with E-state index in [0.29, 0.717) is 6.54 Å². The average Bonchev–Trinajstić information content (AvgIpc) is 2.56. The van der Waals surface area contributed by atoms with E-state index in [1.54, 1.807) is 6.20 Å². The number of halogens is 2. The van der Waals surface area contributed by atoms with E-state index in [9.17, 15) is 5.11 Å². The number of aliphatic hydroxyl groups excluding tert-OH is 1. The molecule has 0 saturated carbocycles. The first kappa shape index (κ1) is 10.1. The molecule has 0 spiro atoms. The Morgan fingerprint density at radius 2 is 2.43 bits per heavy atom. The zero-order chi connectivity index (χ0) is 10.1. The highest BCUT2D eigenvalue weighted by Gasteiger charge is 2.23. The van der Waals surface area contributed by atoms with Crippen LogP contribution in [0.5, 0.6) is 0 Å². The predicted molar refractivity (Wildman–Crippen MR) is 57.6 cm³/mol. The third-order valence-electron chi connectivity index (χ3n) is 2.16. The van der Waals surface area contributed by atoms with Crippen LogP contribution in [-0.4, -0.2) is 34.3 Å². The zero-order valence-electron chi connectivity index (χ0n) is 7.32. The van der Waals surface area contributed by atoms with Crippen molar-refractivity contribution in [1.29, 1.82) is 0 Å². The van der Waals surface area contributed by atoms with Crippen molar-refractivity contribution in [1.82, 2.24) is 9.97 Å². The molecule has 76 valence electrons. The van der Waals surface area contributed by atoms with Crippen LogP contribution in [0, 0.1) is 0 Å². The van der Waals surface area contributed by atoms with Crippen LogP contribution in [-0.2, 0) is 0 Å². The maximum atomic E-state index is 9.39. The van der Waals surface area contributed by atoms with Gasteiger partial charge in [-0.05, 0) is 34.0 Å². The van der Waals surface area contributed by atoms with Crippen LogP contribution in [0.4, 0.5) is 5.82 Å². The molecule has 2 heterocycles. The molecule has 0 radical (unpaired) electrons. The lowest BCUT2D eigenvalue weighted by Crippen LogP contribution is -2.22. The van der Waals surface area contributed by atoms with Gasteiger partial charge in [-0.1, -0.05) is 0 Å². The lowest BCUT2D eigenvalue weighted by molar-refractivity contribution is 0.198. The fraction of sp³-hybridized carbons (Fsp3) is 0.500. The normalized spacial score (nSPS) is 21.6. The molecule has 1 aliphatic heterocycles. The van der Waals surface area contributed by atoms with Crippen LogP contribution in [0.2, 0.25) is 5.28 Å². The van der Waals surface area contributed by atoms with Crippen molar-refractivity contribution in [3.63, 3.8) is 0 Å². The number of aliphatic hydroxyl groups is 1. The molecule has 14 heavy (non-hydrogen) atoms. The molecule has 1 atom stereocenters. The average molecular weight is 279 g/mol. The van der Waals surface area contributed by atoms with Crippen LogP contribution in [0.25, 0.3) is 0 Å². The summed E-state index contributed by atoms with van der Waals surface area (Å²) in [6, 6.07) is 0. The topological polar surface area (TPSA) is 49.2 Å². The summed E-state index contributed by atoms with van der Waals surface area (Å²) in [5, 5.41) is 9.61. The summed E-state index contributed by atoms with van der Waals surface area (Å²) < 4.78 is 0.802. The van der Waals surface area contributed by atoms with Crippen molar-refractivity contribution in [2.24, 2.45) is 0 Å². The van der Waals surface area contributed by atoms with Gasteiger partial charge in [0.15, 0.2) is 0 Å². The number of nitrogens with zero attached hydrogens (tertiary/aromatic N) is 3. The fourth-order valence-corrected chi connectivity index (χ4v) is 2.06. The second-order valence-electron chi connectivity index (χ2n) is 3.20. The Hall–Kier alpha value is -0.390. The van der Waals surface area contributed by atoms with Crippen LogP contribution in [0.3, 0.4) is 0 Å². The lowest BCUT2D eigenvalue weighted by atomic mass is 10.3. The minimum atomic E-state index is -0.268. The van der Waals surface area contributed by atoms with Gasteiger partial charge in [0.25, 0.3) is 0 Å². The van der Waals surface area contributed by atoms with Gasteiger partial charge in [-0.15, -0.1) is 0 Å². The standard InChI is InChI=1S/C8H9BrClN3O/c9-6-3-11-8(10)12-7(6)13-2-1-5(14)4-13/h3,5,14H,1-2,4H2. The summed E-state index contributed by atoms with van der Waals surface area (Å²) in [5.74, 6) is 0.751. The fourth-order valence-electron chi connectivity index (χ4n) is 1.49. The number of aromatic nitrogens is 2. The maximum Gasteiger partial charge on any atom is 0.224 e. The molecule has 0 aliphatic carbocycles. The highest BCUT2D eigenvalue weighted by molar-refractivity contribution is 9.10. The van der Waals surface area contributed by atoms with E-state index in [4.69, 9.17) is 11.6 Å². The lowest BCUT2D eigenvalue weighted by Gasteiger charge is -2.17. The molecule has 0 bridgehead atoms. The van der Waals surface area contributed by atoms with Crippen LogP contribution < -0.4 is 4.90 Å². The smallest absolute Gasteiger partial charge is 0.224 e. The molecule has 0 aromatic carbocycles. The molecule has 1 aliphatic rings. The summed E-state index contributed by atoms with van der Waals surface area (Å²) >= 11 is 9.05. The van der Waals surface area contributed by atoms with Crippen LogP contribution in [0.15, 0.2) is 10.7 Å². The van der Waals surface area contributed by atoms with Gasteiger partial charge >= 0.3 is 0 Å². The summed E-state index contributed by atoms with van der Waals surface area (Å²) in [7, 11) is 0. The molecular formula is C8H9BrClN3O. The Balaban J connectivity index is 2.27. The molecule has 1 N–H and O–H groups in total. The van der Waals surface area contributed by atoms with Crippen molar-refractivity contribution in [2.45, 2.75) is 12.5 Å². The largest absolute Gasteiger partial charge is 0.391 e. The van der Waals surface area contributed by atoms with Crippen molar-refractivity contribution in [3.05, 3.63) is 16.0 Å². The Labute approximate surface area is 95.0 Å². The molecule has 6 heteroatoms. The van der Waals surface area contributed by atoms with Crippen molar-refractivity contribution >= 4 is 33.3 Å². The number of rotatable bonds is 1. The van der Waals surface area contributed by atoms with Gasteiger partial charge in [0.1, 0.15) is 5.82 Å². The molecule has 0 amide bonds. The van der Waals surface area contributed by atoms with E-state index < -0.39 is 0 Å². The molecule has 1 unspecified atom stereocenters. The number of hydrogen-bond donors (Lipinski definition) is 1. The monoisotopic (exact) mass is 277 g/mol. The summed E-state index contributed by atoms with van der Waals surface area (Å²) in [6.45, 7) is 1.40. The molecule has 1 aromatic rings. The number of β-amino-alcohol motifs (C(OH)–C–C–N with tert-alkyl or cyclic N) is 1. The van der Waals surface area contributed by atoms with Crippen molar-refractivity contribution in [2.75, 3.05) is 18.0 Å². The molecule has 2 rings (SSSR count). The van der Waals surface area contributed by atoms with E-state index in [0.717, 1.165) is 23.3 Å². The van der Waals surface area contributed by atoms with E-state index in [2.05, 4.69) is 25.9 Å². The molecule has 4 nitrogen and oxygen atoms in total. The van der Waals surface area contributed by atoms with E-state index in [-0.39, 0.29) is 11.4 Å². The third kappa shape index (κ3) is 1.99. The molecule has 1 aromatic heterocycles. The Kier molecular flexibility index (Phi) is 2.90. The first-order chi connectivity index (χ1) is 6.66. The van der Waals surface area contributed by atoms with Crippen molar-refractivity contribution < 1.29 is 5.11 Å². The van der Waals surface area contributed by atoms with E-state index in [1.165, 1.54) is 0 Å². The molecule has 1 saturated heterocycles. The summed E-state index contributed by atoms with van der Waals surface area (Å²) in [5.41, 5.74) is 0. The van der Waals surface area contributed by atoms with Crippen LogP contribution >= 0.6 is 27.5 Å². The minimum absolute atomic E-state index is 0.226.